The predicted molar refractivity (Wildman–Crippen MR) is 102 cm³/mol. The quantitative estimate of drug-likeness (QED) is 0.458. The molecule has 0 saturated carbocycles. The van der Waals surface area contributed by atoms with Gasteiger partial charge in [0.25, 0.3) is 0 Å². The smallest absolute Gasteiger partial charge is 0.196 e. The molecule has 6 heteroatoms. The molecular formula is C19H17ClN4S. The lowest BCUT2D eigenvalue weighted by Gasteiger charge is -2.14. The van der Waals surface area contributed by atoms with Crippen molar-refractivity contribution >= 4 is 23.4 Å². The maximum Gasteiger partial charge on any atom is 0.196 e. The topological polar surface area (TPSA) is 54.5 Å². The molecule has 1 heterocycles. The van der Waals surface area contributed by atoms with Gasteiger partial charge in [-0.15, -0.1) is 10.2 Å². The van der Waals surface area contributed by atoms with Gasteiger partial charge in [-0.1, -0.05) is 47.6 Å². The van der Waals surface area contributed by atoms with Gasteiger partial charge in [0.1, 0.15) is 0 Å². The first-order chi connectivity index (χ1) is 12.1. The minimum Gasteiger partial charge on any atom is -0.270 e. The molecule has 0 bridgehead atoms. The Morgan fingerprint density at radius 2 is 1.96 bits per heavy atom. The van der Waals surface area contributed by atoms with Crippen LogP contribution in [0.5, 0.6) is 0 Å². The van der Waals surface area contributed by atoms with Gasteiger partial charge in [0.2, 0.25) is 0 Å². The molecule has 0 aliphatic heterocycles. The minimum atomic E-state index is 0.464. The summed E-state index contributed by atoms with van der Waals surface area (Å²) >= 11 is 7.92. The van der Waals surface area contributed by atoms with E-state index in [1.54, 1.807) is 0 Å². The maximum absolute atomic E-state index is 8.81. The minimum absolute atomic E-state index is 0.464. The van der Waals surface area contributed by atoms with E-state index in [0.29, 0.717) is 23.0 Å². The fraction of sp³-hybridized carbons (Fsp3) is 0.211. The Bertz CT molecular complexity index is 943. The fourth-order valence-corrected chi connectivity index (χ4v) is 3.55. The maximum atomic E-state index is 8.81. The molecule has 0 atom stereocenters. The zero-order valence-corrected chi connectivity index (χ0v) is 15.6. The summed E-state index contributed by atoms with van der Waals surface area (Å²) in [4.78, 5) is 0. The van der Waals surface area contributed by atoms with Crippen LogP contribution in [0.4, 0.5) is 0 Å². The first-order valence-electron chi connectivity index (χ1n) is 7.89. The summed E-state index contributed by atoms with van der Waals surface area (Å²) in [5.74, 6) is 1.38. The van der Waals surface area contributed by atoms with Crippen LogP contribution >= 0.6 is 23.4 Å². The van der Waals surface area contributed by atoms with E-state index in [4.69, 9.17) is 16.9 Å². The molecule has 0 N–H and O–H groups in total. The van der Waals surface area contributed by atoms with E-state index in [2.05, 4.69) is 48.3 Å². The van der Waals surface area contributed by atoms with Crippen molar-refractivity contribution in [2.75, 3.05) is 5.75 Å². The van der Waals surface area contributed by atoms with Crippen LogP contribution in [-0.2, 0) is 0 Å². The molecule has 4 nitrogen and oxygen atoms in total. The average Bonchev–Trinajstić information content (AvgIpc) is 3.01. The normalized spacial score (nSPS) is 10.6. The molecule has 3 rings (SSSR count). The molecule has 0 amide bonds. The van der Waals surface area contributed by atoms with Crippen LogP contribution in [0.25, 0.3) is 17.1 Å². The van der Waals surface area contributed by atoms with Gasteiger partial charge in [-0.05, 0) is 43.2 Å². The molecule has 0 aliphatic carbocycles. The van der Waals surface area contributed by atoms with Crippen LogP contribution in [0.15, 0.2) is 47.6 Å². The highest BCUT2D eigenvalue weighted by Gasteiger charge is 2.19. The lowest BCUT2D eigenvalue weighted by molar-refractivity contribution is 0.879. The van der Waals surface area contributed by atoms with Crippen LogP contribution in [0.2, 0.25) is 5.02 Å². The molecule has 2 aromatic carbocycles. The number of thioether (sulfide) groups is 1. The summed E-state index contributed by atoms with van der Waals surface area (Å²) in [6, 6.07) is 16.1. The Balaban J connectivity index is 2.19. The van der Waals surface area contributed by atoms with E-state index in [0.717, 1.165) is 27.5 Å². The summed E-state index contributed by atoms with van der Waals surface area (Å²) in [6.45, 7) is 4.12. The van der Waals surface area contributed by atoms with Crippen molar-refractivity contribution in [3.63, 3.8) is 0 Å². The second-order valence-electron chi connectivity index (χ2n) is 5.67. The van der Waals surface area contributed by atoms with E-state index in [1.807, 2.05) is 28.8 Å². The summed E-state index contributed by atoms with van der Waals surface area (Å²) < 4.78 is 2.03. The molecular weight excluding hydrogens is 352 g/mol. The number of halogens is 1. The zero-order chi connectivity index (χ0) is 17.8. The molecule has 25 heavy (non-hydrogen) atoms. The summed E-state index contributed by atoms with van der Waals surface area (Å²) in [5, 5.41) is 19.0. The van der Waals surface area contributed by atoms with Crippen molar-refractivity contribution in [1.82, 2.24) is 14.8 Å². The Morgan fingerprint density at radius 1 is 1.16 bits per heavy atom. The molecule has 3 aromatic rings. The number of rotatable bonds is 5. The molecule has 0 saturated heterocycles. The lowest BCUT2D eigenvalue weighted by atomic mass is 10.1. The van der Waals surface area contributed by atoms with Gasteiger partial charge in [-0.25, -0.2) is 0 Å². The third-order valence-corrected chi connectivity index (χ3v) is 5.06. The van der Waals surface area contributed by atoms with E-state index >= 15 is 0 Å². The van der Waals surface area contributed by atoms with Gasteiger partial charge in [0, 0.05) is 17.7 Å². The number of hydrogen-bond acceptors (Lipinski definition) is 4. The van der Waals surface area contributed by atoms with Gasteiger partial charge < -0.3 is 0 Å². The van der Waals surface area contributed by atoms with Gasteiger partial charge >= 0.3 is 0 Å². The van der Waals surface area contributed by atoms with Crippen molar-refractivity contribution in [3.8, 4) is 23.1 Å². The van der Waals surface area contributed by atoms with Crippen molar-refractivity contribution in [2.45, 2.75) is 25.4 Å². The number of nitrogens with zero attached hydrogens (tertiary/aromatic N) is 4. The third-order valence-electron chi connectivity index (χ3n) is 3.80. The Hall–Kier alpha value is -2.29. The van der Waals surface area contributed by atoms with E-state index in [9.17, 15) is 0 Å². The first kappa shape index (κ1) is 17.5. The monoisotopic (exact) mass is 368 g/mol. The first-order valence-corrected chi connectivity index (χ1v) is 9.26. The average molecular weight is 369 g/mol. The largest absolute Gasteiger partial charge is 0.270 e. The highest BCUT2D eigenvalue weighted by Crippen LogP contribution is 2.33. The zero-order valence-electron chi connectivity index (χ0n) is 14.0. The molecule has 0 fully saturated rings. The van der Waals surface area contributed by atoms with Crippen molar-refractivity contribution < 1.29 is 0 Å². The molecule has 0 radical (unpaired) electrons. The lowest BCUT2D eigenvalue weighted by Crippen LogP contribution is -2.03. The molecule has 0 spiro atoms. The standard InChI is InChI=1S/C19H17ClN4S/c1-13-8-9-14(2)17(12-13)24-18(15-6-3-4-7-16(15)20)22-23-19(24)25-11-5-10-21/h3-4,6-9,12H,5,11H2,1-2H3. The molecule has 0 aliphatic rings. The number of benzene rings is 2. The summed E-state index contributed by atoms with van der Waals surface area (Å²) in [5.41, 5.74) is 4.15. The Labute approximate surface area is 156 Å². The van der Waals surface area contributed by atoms with Crippen LogP contribution in [0.1, 0.15) is 17.5 Å². The fourth-order valence-electron chi connectivity index (χ4n) is 2.55. The Kier molecular flexibility index (Phi) is 5.42. The Morgan fingerprint density at radius 3 is 2.72 bits per heavy atom. The highest BCUT2D eigenvalue weighted by atomic mass is 35.5. The van der Waals surface area contributed by atoms with Crippen molar-refractivity contribution in [1.29, 1.82) is 5.26 Å². The number of aromatic nitrogens is 3. The molecule has 126 valence electrons. The summed E-state index contributed by atoms with van der Waals surface area (Å²) in [7, 11) is 0. The van der Waals surface area contributed by atoms with Crippen LogP contribution in [0, 0.1) is 25.2 Å². The van der Waals surface area contributed by atoms with E-state index in [1.165, 1.54) is 11.8 Å². The van der Waals surface area contributed by atoms with E-state index < -0.39 is 0 Å². The van der Waals surface area contributed by atoms with E-state index in [-0.39, 0.29) is 0 Å². The van der Waals surface area contributed by atoms with Crippen LogP contribution < -0.4 is 0 Å². The van der Waals surface area contributed by atoms with Gasteiger partial charge in [0.05, 0.1) is 16.8 Å². The predicted octanol–water partition coefficient (Wildman–Crippen LogP) is 5.21. The number of hydrogen-bond donors (Lipinski definition) is 0. The molecule has 1 aromatic heterocycles. The second kappa shape index (κ2) is 7.73. The van der Waals surface area contributed by atoms with Crippen molar-refractivity contribution in [3.05, 3.63) is 58.6 Å². The third kappa shape index (κ3) is 3.71. The van der Waals surface area contributed by atoms with Gasteiger partial charge in [0.15, 0.2) is 11.0 Å². The van der Waals surface area contributed by atoms with Crippen LogP contribution in [0.3, 0.4) is 0 Å². The van der Waals surface area contributed by atoms with Gasteiger partial charge in [-0.2, -0.15) is 5.26 Å². The second-order valence-corrected chi connectivity index (χ2v) is 7.14. The number of aryl methyl sites for hydroxylation is 2. The van der Waals surface area contributed by atoms with Gasteiger partial charge in [-0.3, -0.25) is 4.57 Å². The summed E-state index contributed by atoms with van der Waals surface area (Å²) in [6.07, 6.45) is 0.464. The number of nitriles is 1. The van der Waals surface area contributed by atoms with Crippen molar-refractivity contribution in [2.24, 2.45) is 0 Å². The SMILES string of the molecule is Cc1ccc(C)c(-n2c(SCCC#N)nnc2-c2ccccc2Cl)c1. The molecule has 0 unspecified atom stereocenters. The van der Waals surface area contributed by atoms with Crippen LogP contribution in [-0.4, -0.2) is 20.5 Å². The highest BCUT2D eigenvalue weighted by molar-refractivity contribution is 7.99.